The summed E-state index contributed by atoms with van der Waals surface area (Å²) in [6, 6.07) is 5.13. The van der Waals surface area contributed by atoms with Gasteiger partial charge in [-0.3, -0.25) is 10.1 Å². The van der Waals surface area contributed by atoms with Crippen molar-refractivity contribution < 1.29 is 4.92 Å². The predicted octanol–water partition coefficient (Wildman–Crippen LogP) is 3.07. The first-order valence-corrected chi connectivity index (χ1v) is 7.41. The van der Waals surface area contributed by atoms with Gasteiger partial charge in [-0.25, -0.2) is 0 Å². The second-order valence-electron chi connectivity index (χ2n) is 4.10. The Morgan fingerprint density at radius 3 is 2.53 bits per heavy atom. The van der Waals surface area contributed by atoms with Crippen LogP contribution in [0.25, 0.3) is 0 Å². The summed E-state index contributed by atoms with van der Waals surface area (Å²) in [7, 11) is 1.77. The maximum absolute atomic E-state index is 10.9. The Labute approximate surface area is 118 Å². The van der Waals surface area contributed by atoms with Gasteiger partial charge in [0.15, 0.2) is 0 Å². The van der Waals surface area contributed by atoms with Crippen LogP contribution in [-0.2, 0) is 0 Å². The summed E-state index contributed by atoms with van der Waals surface area (Å²) >= 11 is 1.65. The average Bonchev–Trinajstić information content (AvgIpc) is 2.43. The van der Waals surface area contributed by atoms with Crippen LogP contribution >= 0.6 is 11.8 Å². The third-order valence-electron chi connectivity index (χ3n) is 2.96. The number of rotatable bonds is 8. The van der Waals surface area contributed by atoms with Crippen LogP contribution in [0.15, 0.2) is 23.1 Å². The Morgan fingerprint density at radius 2 is 2.00 bits per heavy atom. The van der Waals surface area contributed by atoms with Gasteiger partial charge < -0.3 is 10.2 Å². The minimum atomic E-state index is -0.352. The maximum atomic E-state index is 10.9. The molecule has 0 saturated carbocycles. The first kappa shape index (κ1) is 15.8. The lowest BCUT2D eigenvalue weighted by Gasteiger charge is -2.17. The monoisotopic (exact) mass is 283 g/mol. The van der Waals surface area contributed by atoms with E-state index in [1.807, 2.05) is 6.07 Å². The first-order valence-electron chi connectivity index (χ1n) is 6.43. The molecule has 1 aromatic rings. The molecule has 5 nitrogen and oxygen atoms in total. The fourth-order valence-corrected chi connectivity index (χ4v) is 2.75. The molecule has 0 heterocycles. The molecule has 106 valence electrons. The van der Waals surface area contributed by atoms with Crippen LogP contribution in [0.4, 0.5) is 11.4 Å². The Morgan fingerprint density at radius 1 is 1.32 bits per heavy atom. The van der Waals surface area contributed by atoms with Gasteiger partial charge in [-0.15, -0.1) is 11.8 Å². The summed E-state index contributed by atoms with van der Waals surface area (Å²) in [5, 5.41) is 13.8. The van der Waals surface area contributed by atoms with Gasteiger partial charge in [-0.05, 0) is 19.2 Å². The van der Waals surface area contributed by atoms with E-state index in [4.69, 9.17) is 0 Å². The van der Waals surface area contributed by atoms with Crippen LogP contribution in [0.1, 0.15) is 13.8 Å². The molecule has 1 rings (SSSR count). The highest BCUT2D eigenvalue weighted by molar-refractivity contribution is 7.99. The van der Waals surface area contributed by atoms with Crippen molar-refractivity contribution >= 4 is 23.1 Å². The molecule has 19 heavy (non-hydrogen) atoms. The number of hydrogen-bond acceptors (Lipinski definition) is 5. The van der Waals surface area contributed by atoms with Gasteiger partial charge in [0.05, 0.1) is 4.92 Å². The minimum Gasteiger partial charge on any atom is -0.388 e. The molecule has 0 amide bonds. The summed E-state index contributed by atoms with van der Waals surface area (Å²) in [5.74, 6) is 0.937. The normalized spacial score (nSPS) is 10.7. The molecular weight excluding hydrogens is 262 g/mol. The number of nitrogens with zero attached hydrogens (tertiary/aromatic N) is 2. The Bertz CT molecular complexity index is 422. The maximum Gasteiger partial charge on any atom is 0.272 e. The van der Waals surface area contributed by atoms with Crippen LogP contribution in [-0.4, -0.2) is 42.3 Å². The largest absolute Gasteiger partial charge is 0.388 e. The molecule has 6 heteroatoms. The number of nitro groups is 1. The molecule has 0 fully saturated rings. The SMILES string of the molecule is CCN(CC)CCSc1cc(NC)cc([N+](=O)[O-])c1. The molecule has 1 N–H and O–H groups in total. The van der Waals surface area contributed by atoms with E-state index in [1.165, 1.54) is 0 Å². The molecule has 0 atom stereocenters. The Hall–Kier alpha value is -1.27. The predicted molar refractivity (Wildman–Crippen MR) is 81.2 cm³/mol. The standard InChI is InChI=1S/C13H21N3O2S/c1-4-15(5-2)6-7-19-13-9-11(14-3)8-12(10-13)16(17)18/h8-10,14H,4-7H2,1-3H3. The lowest BCUT2D eigenvalue weighted by atomic mass is 10.3. The van der Waals surface area contributed by atoms with Crippen LogP contribution in [0, 0.1) is 10.1 Å². The topological polar surface area (TPSA) is 58.4 Å². The summed E-state index contributed by atoms with van der Waals surface area (Å²) in [5.41, 5.74) is 0.914. The van der Waals surface area contributed by atoms with Crippen molar-refractivity contribution in [2.24, 2.45) is 0 Å². The number of benzene rings is 1. The van der Waals surface area contributed by atoms with E-state index in [0.29, 0.717) is 0 Å². The highest BCUT2D eigenvalue weighted by Crippen LogP contribution is 2.27. The van der Waals surface area contributed by atoms with Gasteiger partial charge in [-0.1, -0.05) is 13.8 Å². The first-order chi connectivity index (χ1) is 9.10. The number of nitro benzene ring substituents is 1. The molecule has 1 aromatic carbocycles. The Balaban J connectivity index is 2.67. The van der Waals surface area contributed by atoms with Crippen molar-refractivity contribution in [1.82, 2.24) is 4.90 Å². The highest BCUT2D eigenvalue weighted by Gasteiger charge is 2.09. The van der Waals surface area contributed by atoms with Gasteiger partial charge in [-0.2, -0.15) is 0 Å². The molecule has 0 bridgehead atoms. The molecule has 0 aliphatic heterocycles. The average molecular weight is 283 g/mol. The molecular formula is C13H21N3O2S. The third-order valence-corrected chi connectivity index (χ3v) is 3.92. The van der Waals surface area contributed by atoms with E-state index in [2.05, 4.69) is 24.1 Å². The number of hydrogen-bond donors (Lipinski definition) is 1. The van der Waals surface area contributed by atoms with Crippen LogP contribution in [0.3, 0.4) is 0 Å². The summed E-state index contributed by atoms with van der Waals surface area (Å²) in [4.78, 5) is 13.8. The smallest absolute Gasteiger partial charge is 0.272 e. The van der Waals surface area contributed by atoms with Gasteiger partial charge >= 0.3 is 0 Å². The fourth-order valence-electron chi connectivity index (χ4n) is 1.75. The zero-order valence-electron chi connectivity index (χ0n) is 11.7. The zero-order chi connectivity index (χ0) is 14.3. The Kier molecular flexibility index (Phi) is 6.66. The highest BCUT2D eigenvalue weighted by atomic mass is 32.2. The van der Waals surface area contributed by atoms with Crippen molar-refractivity contribution in [1.29, 1.82) is 0 Å². The number of anilines is 1. The quantitative estimate of drug-likeness (QED) is 0.451. The van der Waals surface area contributed by atoms with Crippen LogP contribution in [0.5, 0.6) is 0 Å². The summed E-state index contributed by atoms with van der Waals surface area (Å²) in [6.45, 7) is 7.35. The van der Waals surface area contributed by atoms with E-state index in [-0.39, 0.29) is 10.6 Å². The van der Waals surface area contributed by atoms with E-state index >= 15 is 0 Å². The summed E-state index contributed by atoms with van der Waals surface area (Å²) < 4.78 is 0. The van der Waals surface area contributed by atoms with E-state index in [0.717, 1.165) is 36.0 Å². The van der Waals surface area contributed by atoms with Crippen LogP contribution in [0.2, 0.25) is 0 Å². The summed E-state index contributed by atoms with van der Waals surface area (Å²) in [6.07, 6.45) is 0. The number of thioether (sulfide) groups is 1. The lowest BCUT2D eigenvalue weighted by molar-refractivity contribution is -0.385. The molecule has 0 aliphatic rings. The molecule has 0 aliphatic carbocycles. The van der Waals surface area contributed by atoms with Crippen molar-refractivity contribution in [3.63, 3.8) is 0 Å². The molecule has 0 radical (unpaired) electrons. The van der Waals surface area contributed by atoms with E-state index in [9.17, 15) is 10.1 Å². The molecule has 0 aromatic heterocycles. The van der Waals surface area contributed by atoms with Gasteiger partial charge in [0.1, 0.15) is 0 Å². The zero-order valence-corrected chi connectivity index (χ0v) is 12.5. The number of nitrogens with one attached hydrogen (secondary N) is 1. The fraction of sp³-hybridized carbons (Fsp3) is 0.538. The van der Waals surface area contributed by atoms with Gasteiger partial charge in [0.25, 0.3) is 5.69 Å². The van der Waals surface area contributed by atoms with Gasteiger partial charge in [0.2, 0.25) is 0 Å². The van der Waals surface area contributed by atoms with Crippen molar-refractivity contribution in [2.75, 3.05) is 37.8 Å². The molecule has 0 saturated heterocycles. The van der Waals surface area contributed by atoms with Crippen molar-refractivity contribution in [3.05, 3.63) is 28.3 Å². The van der Waals surface area contributed by atoms with Crippen molar-refractivity contribution in [2.45, 2.75) is 18.7 Å². The van der Waals surface area contributed by atoms with E-state index < -0.39 is 0 Å². The lowest BCUT2D eigenvalue weighted by Crippen LogP contribution is -2.25. The second kappa shape index (κ2) is 8.01. The third kappa shape index (κ3) is 5.08. The number of non-ortho nitro benzene ring substituents is 1. The minimum absolute atomic E-state index is 0.136. The van der Waals surface area contributed by atoms with Crippen molar-refractivity contribution in [3.8, 4) is 0 Å². The van der Waals surface area contributed by atoms with E-state index in [1.54, 1.807) is 30.9 Å². The van der Waals surface area contributed by atoms with Gasteiger partial charge in [0, 0.05) is 42.1 Å². The second-order valence-corrected chi connectivity index (χ2v) is 5.27. The molecule has 0 spiro atoms. The molecule has 0 unspecified atom stereocenters. The van der Waals surface area contributed by atoms with Crippen LogP contribution < -0.4 is 5.32 Å².